The Morgan fingerprint density at radius 2 is 2.14 bits per heavy atom. The van der Waals surface area contributed by atoms with Gasteiger partial charge in [0.2, 0.25) is 5.91 Å². The quantitative estimate of drug-likeness (QED) is 0.653. The summed E-state index contributed by atoms with van der Waals surface area (Å²) in [5.41, 5.74) is 1.86. The summed E-state index contributed by atoms with van der Waals surface area (Å²) in [7, 11) is 0. The van der Waals surface area contributed by atoms with E-state index in [1.807, 2.05) is 35.0 Å². The molecule has 0 spiro atoms. The highest BCUT2D eigenvalue weighted by atomic mass is 16.2. The molecule has 0 aromatic carbocycles. The fourth-order valence-electron chi connectivity index (χ4n) is 3.51. The van der Waals surface area contributed by atoms with Crippen LogP contribution in [-0.2, 0) is 24.3 Å². The molecule has 1 fully saturated rings. The highest BCUT2D eigenvalue weighted by Gasteiger charge is 2.19. The van der Waals surface area contributed by atoms with Crippen molar-refractivity contribution in [3.05, 3.63) is 42.1 Å². The molecule has 0 saturated carbocycles. The summed E-state index contributed by atoms with van der Waals surface area (Å²) in [5.74, 6) is 1.43. The van der Waals surface area contributed by atoms with Crippen LogP contribution in [0.1, 0.15) is 31.3 Å². The molecule has 148 valence electrons. The van der Waals surface area contributed by atoms with E-state index >= 15 is 0 Å². The van der Waals surface area contributed by atoms with E-state index in [1.54, 1.807) is 4.68 Å². The van der Waals surface area contributed by atoms with Crippen LogP contribution in [0.2, 0.25) is 0 Å². The number of amides is 1. The number of carbonyl (C=O) groups is 1. The van der Waals surface area contributed by atoms with Crippen LogP contribution in [0.15, 0.2) is 30.6 Å². The van der Waals surface area contributed by atoms with Gasteiger partial charge in [0.15, 0.2) is 5.82 Å². The van der Waals surface area contributed by atoms with Gasteiger partial charge < -0.3 is 9.72 Å². The van der Waals surface area contributed by atoms with Crippen LogP contribution in [0.5, 0.6) is 0 Å². The van der Waals surface area contributed by atoms with Crippen molar-refractivity contribution in [3.8, 4) is 0 Å². The van der Waals surface area contributed by atoms with Crippen molar-refractivity contribution >= 4 is 11.6 Å². The molecule has 3 aromatic heterocycles. The summed E-state index contributed by atoms with van der Waals surface area (Å²) >= 11 is 0. The molecule has 1 aliphatic heterocycles. The van der Waals surface area contributed by atoms with Gasteiger partial charge >= 0.3 is 0 Å². The Kier molecular flexibility index (Phi) is 5.61. The predicted octanol–water partition coefficient (Wildman–Crippen LogP) is 0.912. The van der Waals surface area contributed by atoms with Crippen LogP contribution in [0.3, 0.4) is 0 Å². The van der Waals surface area contributed by atoms with E-state index in [0.29, 0.717) is 19.5 Å². The van der Waals surface area contributed by atoms with Gasteiger partial charge in [-0.1, -0.05) is 13.0 Å². The SMILES string of the molecule is CC1CCN(Cc2nnnn2CC(=O)NCCc2cn3ccccc3n2)CC1. The van der Waals surface area contributed by atoms with E-state index < -0.39 is 0 Å². The van der Waals surface area contributed by atoms with E-state index in [-0.39, 0.29) is 12.5 Å². The molecule has 0 aliphatic carbocycles. The van der Waals surface area contributed by atoms with Crippen molar-refractivity contribution < 1.29 is 4.79 Å². The van der Waals surface area contributed by atoms with Crippen molar-refractivity contribution in [2.75, 3.05) is 19.6 Å². The summed E-state index contributed by atoms with van der Waals surface area (Å²) in [4.78, 5) is 19.2. The van der Waals surface area contributed by atoms with Gasteiger partial charge in [-0.25, -0.2) is 9.67 Å². The van der Waals surface area contributed by atoms with Crippen LogP contribution < -0.4 is 5.32 Å². The molecule has 0 unspecified atom stereocenters. The van der Waals surface area contributed by atoms with E-state index in [0.717, 1.165) is 36.2 Å². The van der Waals surface area contributed by atoms with Crippen molar-refractivity contribution in [1.29, 1.82) is 0 Å². The first-order valence-corrected chi connectivity index (χ1v) is 9.84. The molecule has 0 bridgehead atoms. The van der Waals surface area contributed by atoms with Gasteiger partial charge in [-0.15, -0.1) is 5.10 Å². The Balaban J connectivity index is 1.25. The second-order valence-electron chi connectivity index (χ2n) is 7.51. The number of nitrogens with one attached hydrogen (secondary N) is 1. The lowest BCUT2D eigenvalue weighted by Crippen LogP contribution is -2.34. The topological polar surface area (TPSA) is 93.2 Å². The second-order valence-corrected chi connectivity index (χ2v) is 7.51. The number of carbonyl (C=O) groups excluding carboxylic acids is 1. The lowest BCUT2D eigenvalue weighted by Gasteiger charge is -2.29. The first kappa shape index (κ1) is 18.5. The van der Waals surface area contributed by atoms with Crippen molar-refractivity contribution in [2.45, 2.75) is 39.3 Å². The molecular formula is C19H26N8O. The average Bonchev–Trinajstić information content (AvgIpc) is 3.30. The minimum Gasteiger partial charge on any atom is -0.354 e. The Hall–Kier alpha value is -2.81. The minimum atomic E-state index is -0.0930. The third-order valence-electron chi connectivity index (χ3n) is 5.26. The fraction of sp³-hybridized carbons (Fsp3) is 0.526. The summed E-state index contributed by atoms with van der Waals surface area (Å²) in [5, 5.41) is 14.8. The van der Waals surface area contributed by atoms with Crippen molar-refractivity contribution in [1.82, 2.24) is 39.8 Å². The first-order valence-electron chi connectivity index (χ1n) is 9.84. The van der Waals surface area contributed by atoms with Crippen LogP contribution in [-0.4, -0.2) is 60.0 Å². The maximum absolute atomic E-state index is 12.3. The summed E-state index contributed by atoms with van der Waals surface area (Å²) in [6.45, 7) is 5.76. The molecule has 1 aliphatic rings. The largest absolute Gasteiger partial charge is 0.354 e. The molecule has 4 rings (SSSR count). The summed E-state index contributed by atoms with van der Waals surface area (Å²) in [6, 6.07) is 5.89. The number of piperidine rings is 1. The third kappa shape index (κ3) is 4.53. The van der Waals surface area contributed by atoms with Crippen LogP contribution in [0.25, 0.3) is 5.65 Å². The summed E-state index contributed by atoms with van der Waals surface area (Å²) < 4.78 is 3.57. The minimum absolute atomic E-state index is 0.0930. The van der Waals surface area contributed by atoms with Crippen LogP contribution in [0.4, 0.5) is 0 Å². The number of rotatable bonds is 7. The van der Waals surface area contributed by atoms with E-state index in [1.165, 1.54) is 12.8 Å². The standard InChI is InChI=1S/C19H26N8O/c1-15-6-10-25(11-7-15)13-18-22-23-24-27(18)14-19(28)20-8-5-16-12-26-9-3-2-4-17(26)21-16/h2-4,9,12,15H,5-8,10-11,13-14H2,1H3,(H,20,28). The van der Waals surface area contributed by atoms with Gasteiger partial charge in [0.1, 0.15) is 12.2 Å². The van der Waals surface area contributed by atoms with Crippen LogP contribution in [0, 0.1) is 5.92 Å². The summed E-state index contributed by atoms with van der Waals surface area (Å²) in [6.07, 6.45) is 7.03. The zero-order valence-corrected chi connectivity index (χ0v) is 16.2. The third-order valence-corrected chi connectivity index (χ3v) is 5.26. The number of imidazole rings is 1. The number of fused-ring (bicyclic) bond motifs is 1. The molecule has 1 amide bonds. The number of likely N-dealkylation sites (tertiary alicyclic amines) is 1. The molecule has 28 heavy (non-hydrogen) atoms. The molecule has 0 atom stereocenters. The fourth-order valence-corrected chi connectivity index (χ4v) is 3.51. The number of tetrazole rings is 1. The van der Waals surface area contributed by atoms with Gasteiger partial charge in [-0.3, -0.25) is 9.69 Å². The normalized spacial score (nSPS) is 15.9. The van der Waals surface area contributed by atoms with Crippen molar-refractivity contribution in [3.63, 3.8) is 0 Å². The number of aromatic nitrogens is 6. The molecule has 0 radical (unpaired) electrons. The molecule has 1 saturated heterocycles. The number of hydrogen-bond donors (Lipinski definition) is 1. The molecule has 4 heterocycles. The van der Waals surface area contributed by atoms with E-state index in [9.17, 15) is 4.79 Å². The van der Waals surface area contributed by atoms with Gasteiger partial charge in [-0.2, -0.15) is 0 Å². The monoisotopic (exact) mass is 382 g/mol. The van der Waals surface area contributed by atoms with Gasteiger partial charge in [0.05, 0.1) is 12.2 Å². The second kappa shape index (κ2) is 8.47. The number of pyridine rings is 1. The molecule has 1 N–H and O–H groups in total. The highest BCUT2D eigenvalue weighted by Crippen LogP contribution is 2.17. The van der Waals surface area contributed by atoms with Crippen LogP contribution >= 0.6 is 0 Å². The van der Waals surface area contributed by atoms with Gasteiger partial charge in [-0.05, 0) is 54.4 Å². The Morgan fingerprint density at radius 3 is 2.96 bits per heavy atom. The lowest BCUT2D eigenvalue weighted by atomic mass is 9.99. The van der Waals surface area contributed by atoms with Gasteiger partial charge in [0, 0.05) is 25.4 Å². The molecule has 9 nitrogen and oxygen atoms in total. The highest BCUT2D eigenvalue weighted by molar-refractivity contribution is 5.75. The van der Waals surface area contributed by atoms with Gasteiger partial charge in [0.25, 0.3) is 0 Å². The Bertz CT molecular complexity index is 892. The molecular weight excluding hydrogens is 356 g/mol. The Labute approximate surface area is 163 Å². The Morgan fingerprint density at radius 1 is 1.29 bits per heavy atom. The zero-order valence-electron chi connectivity index (χ0n) is 16.2. The van der Waals surface area contributed by atoms with E-state index in [2.05, 4.69) is 37.6 Å². The number of hydrogen-bond acceptors (Lipinski definition) is 6. The van der Waals surface area contributed by atoms with E-state index in [4.69, 9.17) is 0 Å². The zero-order chi connectivity index (χ0) is 19.3. The lowest BCUT2D eigenvalue weighted by molar-refractivity contribution is -0.121. The van der Waals surface area contributed by atoms with Crippen molar-refractivity contribution in [2.24, 2.45) is 5.92 Å². The average molecular weight is 382 g/mol. The predicted molar refractivity (Wildman–Crippen MR) is 103 cm³/mol. The number of nitrogens with zero attached hydrogens (tertiary/aromatic N) is 7. The first-order chi connectivity index (χ1) is 13.7. The molecule has 3 aromatic rings. The maximum atomic E-state index is 12.3. The maximum Gasteiger partial charge on any atom is 0.241 e. The smallest absolute Gasteiger partial charge is 0.241 e. The molecule has 9 heteroatoms.